The van der Waals surface area contributed by atoms with E-state index in [-0.39, 0.29) is 11.6 Å². The van der Waals surface area contributed by atoms with Crippen LogP contribution in [0.2, 0.25) is 0 Å². The van der Waals surface area contributed by atoms with Gasteiger partial charge in [-0.15, -0.1) is 0 Å². The third-order valence-electron chi connectivity index (χ3n) is 3.22. The van der Waals surface area contributed by atoms with Crippen molar-refractivity contribution in [1.82, 2.24) is 19.7 Å². The molecule has 23 heavy (non-hydrogen) atoms. The van der Waals surface area contributed by atoms with E-state index >= 15 is 0 Å². The molecule has 3 rings (SSSR count). The Bertz CT molecular complexity index is 882. The number of nitrogens with zero attached hydrogens (tertiary/aromatic N) is 6. The highest BCUT2D eigenvalue weighted by Gasteiger charge is 2.19. The Hall–Kier alpha value is -3.53. The molecule has 112 valence electrons. The normalized spacial score (nSPS) is 10.1. The average Bonchev–Trinajstić information content (AvgIpc) is 3.15. The third-order valence-corrected chi connectivity index (χ3v) is 3.22. The van der Waals surface area contributed by atoms with E-state index in [2.05, 4.69) is 15.1 Å². The topological polar surface area (TPSA) is 87.7 Å². The first-order valence-corrected chi connectivity index (χ1v) is 6.81. The SMILES string of the molecule is CN(C(=O)c1cccc(-n2cccn2)n1)c1ncccc1C#N. The summed E-state index contributed by atoms with van der Waals surface area (Å²) >= 11 is 0. The predicted molar refractivity (Wildman–Crippen MR) is 83.0 cm³/mol. The predicted octanol–water partition coefficient (Wildman–Crippen LogP) is 1.81. The fraction of sp³-hybridized carbons (Fsp3) is 0.0625. The number of carbonyl (C=O) groups is 1. The first-order chi connectivity index (χ1) is 11.2. The molecule has 3 aromatic rings. The molecule has 0 N–H and O–H groups in total. The smallest absolute Gasteiger partial charge is 0.277 e. The van der Waals surface area contributed by atoms with Crippen LogP contribution in [0.5, 0.6) is 0 Å². The first-order valence-electron chi connectivity index (χ1n) is 6.81. The lowest BCUT2D eigenvalue weighted by atomic mass is 10.2. The van der Waals surface area contributed by atoms with Gasteiger partial charge in [0.1, 0.15) is 11.8 Å². The van der Waals surface area contributed by atoms with Crippen LogP contribution in [-0.2, 0) is 0 Å². The van der Waals surface area contributed by atoms with E-state index in [1.165, 1.54) is 11.1 Å². The summed E-state index contributed by atoms with van der Waals surface area (Å²) in [4.78, 5) is 22.4. The van der Waals surface area contributed by atoms with Crippen LogP contribution in [0.25, 0.3) is 5.82 Å². The molecule has 7 nitrogen and oxygen atoms in total. The second-order valence-electron chi connectivity index (χ2n) is 4.68. The number of hydrogen-bond acceptors (Lipinski definition) is 5. The van der Waals surface area contributed by atoms with Crippen LogP contribution >= 0.6 is 0 Å². The van der Waals surface area contributed by atoms with Gasteiger partial charge < -0.3 is 0 Å². The number of amides is 1. The van der Waals surface area contributed by atoms with Gasteiger partial charge in [0.05, 0.1) is 5.56 Å². The quantitative estimate of drug-likeness (QED) is 0.736. The van der Waals surface area contributed by atoms with Crippen molar-refractivity contribution >= 4 is 11.7 Å². The van der Waals surface area contributed by atoms with E-state index in [9.17, 15) is 4.79 Å². The Kier molecular flexibility index (Phi) is 3.80. The second kappa shape index (κ2) is 6.07. The van der Waals surface area contributed by atoms with Crippen molar-refractivity contribution in [3.8, 4) is 11.9 Å². The van der Waals surface area contributed by atoms with Gasteiger partial charge in [0, 0.05) is 25.6 Å². The summed E-state index contributed by atoms with van der Waals surface area (Å²) < 4.78 is 1.57. The molecule has 0 atom stereocenters. The minimum absolute atomic E-state index is 0.245. The molecular weight excluding hydrogens is 292 g/mol. The fourth-order valence-corrected chi connectivity index (χ4v) is 2.09. The summed E-state index contributed by atoms with van der Waals surface area (Å²) in [5.74, 6) is 0.483. The second-order valence-corrected chi connectivity index (χ2v) is 4.68. The standard InChI is InChI=1S/C16H12N6O/c1-21(15-12(11-17)5-3-8-18-15)16(23)13-6-2-7-14(20-13)22-10-4-9-19-22/h2-10H,1H3. The lowest BCUT2D eigenvalue weighted by Crippen LogP contribution is -2.29. The van der Waals surface area contributed by atoms with Crippen LogP contribution in [-0.4, -0.2) is 32.7 Å². The molecule has 0 spiro atoms. The van der Waals surface area contributed by atoms with Gasteiger partial charge in [0.2, 0.25) is 0 Å². The van der Waals surface area contributed by atoms with E-state index in [1.54, 1.807) is 60.5 Å². The fourth-order valence-electron chi connectivity index (χ4n) is 2.09. The average molecular weight is 304 g/mol. The molecule has 0 unspecified atom stereocenters. The van der Waals surface area contributed by atoms with Crippen molar-refractivity contribution in [2.45, 2.75) is 0 Å². The highest BCUT2D eigenvalue weighted by molar-refractivity contribution is 6.04. The summed E-state index contributed by atoms with van der Waals surface area (Å²) in [7, 11) is 1.56. The van der Waals surface area contributed by atoms with Gasteiger partial charge in [0.25, 0.3) is 5.91 Å². The molecule has 3 aromatic heterocycles. The van der Waals surface area contributed by atoms with Crippen molar-refractivity contribution in [2.24, 2.45) is 0 Å². The molecule has 0 aliphatic heterocycles. The third kappa shape index (κ3) is 2.78. The molecule has 0 saturated carbocycles. The zero-order valence-corrected chi connectivity index (χ0v) is 12.3. The number of carbonyl (C=O) groups excluding carboxylic acids is 1. The lowest BCUT2D eigenvalue weighted by molar-refractivity contribution is 0.0987. The molecule has 0 aliphatic carbocycles. The van der Waals surface area contributed by atoms with E-state index in [0.29, 0.717) is 17.2 Å². The largest absolute Gasteiger partial charge is 0.293 e. The summed E-state index contributed by atoms with van der Waals surface area (Å²) in [6.45, 7) is 0. The minimum atomic E-state index is -0.353. The van der Waals surface area contributed by atoms with Gasteiger partial charge in [-0.3, -0.25) is 9.69 Å². The monoisotopic (exact) mass is 304 g/mol. The maximum absolute atomic E-state index is 12.6. The van der Waals surface area contributed by atoms with Crippen molar-refractivity contribution in [3.63, 3.8) is 0 Å². The number of hydrogen-bond donors (Lipinski definition) is 0. The number of anilines is 1. The van der Waals surface area contributed by atoms with Crippen molar-refractivity contribution in [1.29, 1.82) is 5.26 Å². The number of rotatable bonds is 3. The van der Waals surface area contributed by atoms with Gasteiger partial charge in [-0.25, -0.2) is 14.6 Å². The van der Waals surface area contributed by atoms with Crippen LogP contribution in [0.4, 0.5) is 5.82 Å². The van der Waals surface area contributed by atoms with Crippen molar-refractivity contribution in [2.75, 3.05) is 11.9 Å². The molecule has 3 heterocycles. The van der Waals surface area contributed by atoms with Gasteiger partial charge in [-0.2, -0.15) is 10.4 Å². The summed E-state index contributed by atoms with van der Waals surface area (Å²) in [6, 6.07) is 12.2. The van der Waals surface area contributed by atoms with E-state index in [4.69, 9.17) is 5.26 Å². The lowest BCUT2D eigenvalue weighted by Gasteiger charge is -2.17. The number of aromatic nitrogens is 4. The maximum Gasteiger partial charge on any atom is 0.277 e. The Labute approximate surface area is 132 Å². The summed E-state index contributed by atoms with van der Waals surface area (Å²) in [5.41, 5.74) is 0.571. The van der Waals surface area contributed by atoms with Crippen LogP contribution in [0, 0.1) is 11.3 Å². The zero-order chi connectivity index (χ0) is 16.2. The Balaban J connectivity index is 1.94. The van der Waals surface area contributed by atoms with Gasteiger partial charge >= 0.3 is 0 Å². The van der Waals surface area contributed by atoms with E-state index < -0.39 is 0 Å². The maximum atomic E-state index is 12.6. The molecule has 0 bridgehead atoms. The highest BCUT2D eigenvalue weighted by atomic mass is 16.2. The first kappa shape index (κ1) is 14.4. The Morgan fingerprint density at radius 1 is 1.22 bits per heavy atom. The molecule has 0 aliphatic rings. The van der Waals surface area contributed by atoms with E-state index in [0.717, 1.165) is 0 Å². The molecule has 0 saturated heterocycles. The van der Waals surface area contributed by atoms with Crippen molar-refractivity contribution < 1.29 is 4.79 Å². The minimum Gasteiger partial charge on any atom is -0.293 e. The summed E-state index contributed by atoms with van der Waals surface area (Å²) in [5, 5.41) is 13.2. The van der Waals surface area contributed by atoms with Crippen molar-refractivity contribution in [3.05, 3.63) is 66.2 Å². The Morgan fingerprint density at radius 2 is 2.09 bits per heavy atom. The van der Waals surface area contributed by atoms with Gasteiger partial charge in [0.15, 0.2) is 11.6 Å². The Morgan fingerprint density at radius 3 is 2.83 bits per heavy atom. The van der Waals surface area contributed by atoms with Crippen LogP contribution in [0.3, 0.4) is 0 Å². The molecule has 7 heteroatoms. The highest BCUT2D eigenvalue weighted by Crippen LogP contribution is 2.17. The number of pyridine rings is 2. The summed E-state index contributed by atoms with van der Waals surface area (Å²) in [6.07, 6.45) is 4.91. The van der Waals surface area contributed by atoms with Gasteiger partial charge in [-0.05, 0) is 30.3 Å². The van der Waals surface area contributed by atoms with Crippen LogP contribution in [0.1, 0.15) is 16.1 Å². The zero-order valence-electron chi connectivity index (χ0n) is 12.3. The number of nitriles is 1. The molecule has 0 aromatic carbocycles. The van der Waals surface area contributed by atoms with Gasteiger partial charge in [-0.1, -0.05) is 6.07 Å². The van der Waals surface area contributed by atoms with Crippen LogP contribution < -0.4 is 4.90 Å². The molecule has 0 fully saturated rings. The van der Waals surface area contributed by atoms with E-state index in [1.807, 2.05) is 6.07 Å². The molecule has 1 amide bonds. The van der Waals surface area contributed by atoms with Crippen LogP contribution in [0.15, 0.2) is 55.0 Å². The molecular formula is C16H12N6O. The molecule has 0 radical (unpaired) electrons.